The second-order valence-electron chi connectivity index (χ2n) is 5.08. The Morgan fingerprint density at radius 2 is 2.23 bits per heavy atom. The van der Waals surface area contributed by atoms with E-state index < -0.39 is 0 Å². The second kappa shape index (κ2) is 4.76. The molecule has 0 unspecified atom stereocenters. The summed E-state index contributed by atoms with van der Waals surface area (Å²) >= 11 is 0. The maximum atomic E-state index is 12.6. The molecule has 3 aromatic rings. The van der Waals surface area contributed by atoms with Crippen LogP contribution in [0, 0.1) is 0 Å². The van der Waals surface area contributed by atoms with Crippen LogP contribution in [-0.2, 0) is 13.0 Å². The number of amides is 1. The van der Waals surface area contributed by atoms with Gasteiger partial charge in [-0.1, -0.05) is 6.07 Å². The average Bonchev–Trinajstić information content (AvgIpc) is 3.09. The van der Waals surface area contributed by atoms with Crippen LogP contribution in [0.2, 0.25) is 0 Å². The van der Waals surface area contributed by atoms with Gasteiger partial charge in [-0.3, -0.25) is 19.1 Å². The third-order valence-electron chi connectivity index (χ3n) is 3.79. The Morgan fingerprint density at radius 1 is 1.32 bits per heavy atom. The van der Waals surface area contributed by atoms with Crippen LogP contribution in [0.4, 0.5) is 0 Å². The maximum Gasteiger partial charge on any atom is 0.291 e. The monoisotopic (exact) mass is 296 g/mol. The van der Waals surface area contributed by atoms with Gasteiger partial charge in [-0.2, -0.15) is 5.10 Å². The van der Waals surface area contributed by atoms with Crippen molar-refractivity contribution in [2.45, 2.75) is 13.0 Å². The molecule has 0 saturated carbocycles. The van der Waals surface area contributed by atoms with Crippen LogP contribution >= 0.6 is 0 Å². The van der Waals surface area contributed by atoms with E-state index >= 15 is 0 Å². The van der Waals surface area contributed by atoms with Crippen molar-refractivity contribution in [3.63, 3.8) is 0 Å². The first-order chi connectivity index (χ1) is 10.7. The van der Waals surface area contributed by atoms with E-state index in [9.17, 15) is 9.59 Å². The van der Waals surface area contributed by atoms with Crippen LogP contribution < -0.4 is 5.56 Å². The van der Waals surface area contributed by atoms with Crippen LogP contribution in [0.5, 0.6) is 0 Å². The van der Waals surface area contributed by atoms with Crippen molar-refractivity contribution >= 4 is 11.6 Å². The molecule has 4 heterocycles. The van der Waals surface area contributed by atoms with Crippen LogP contribution in [0.3, 0.4) is 0 Å². The number of aromatic amines is 1. The molecular formula is C14H12N6O2. The molecule has 0 saturated heterocycles. The highest BCUT2D eigenvalue weighted by molar-refractivity contribution is 5.90. The van der Waals surface area contributed by atoms with Gasteiger partial charge in [0, 0.05) is 19.2 Å². The van der Waals surface area contributed by atoms with Gasteiger partial charge in [0.05, 0.1) is 17.8 Å². The first-order valence-corrected chi connectivity index (χ1v) is 6.88. The molecule has 0 aromatic carbocycles. The lowest BCUT2D eigenvalue weighted by Gasteiger charge is -2.27. The van der Waals surface area contributed by atoms with Crippen molar-refractivity contribution in [3.8, 4) is 0 Å². The predicted octanol–water partition coefficient (Wildman–Crippen LogP) is 0.0111. The molecule has 0 radical (unpaired) electrons. The molecule has 8 heteroatoms. The Balaban J connectivity index is 1.76. The van der Waals surface area contributed by atoms with Gasteiger partial charge >= 0.3 is 0 Å². The summed E-state index contributed by atoms with van der Waals surface area (Å²) in [7, 11) is 0. The van der Waals surface area contributed by atoms with Crippen LogP contribution in [-0.4, -0.2) is 41.9 Å². The zero-order valence-electron chi connectivity index (χ0n) is 11.6. The molecule has 22 heavy (non-hydrogen) atoms. The van der Waals surface area contributed by atoms with Gasteiger partial charge in [-0.25, -0.2) is 9.97 Å². The molecule has 3 aromatic heterocycles. The van der Waals surface area contributed by atoms with Crippen molar-refractivity contribution in [2.75, 3.05) is 6.54 Å². The summed E-state index contributed by atoms with van der Waals surface area (Å²) in [6.45, 7) is 0.737. The van der Waals surface area contributed by atoms with Gasteiger partial charge in [-0.05, 0) is 12.1 Å². The fraction of sp³-hybridized carbons (Fsp3) is 0.214. The van der Waals surface area contributed by atoms with E-state index in [-0.39, 0.29) is 23.8 Å². The van der Waals surface area contributed by atoms with Crippen molar-refractivity contribution in [2.24, 2.45) is 0 Å². The van der Waals surface area contributed by atoms with E-state index in [1.165, 1.54) is 10.7 Å². The Hall–Kier alpha value is -3.03. The molecule has 1 aliphatic heterocycles. The van der Waals surface area contributed by atoms with Crippen LogP contribution in [0.1, 0.15) is 21.9 Å². The highest BCUT2D eigenvalue weighted by Crippen LogP contribution is 2.16. The molecule has 0 bridgehead atoms. The molecule has 0 atom stereocenters. The van der Waals surface area contributed by atoms with Gasteiger partial charge < -0.3 is 4.90 Å². The minimum atomic E-state index is -0.263. The summed E-state index contributed by atoms with van der Waals surface area (Å²) in [5, 5.41) is 6.23. The quantitative estimate of drug-likeness (QED) is 0.682. The summed E-state index contributed by atoms with van der Waals surface area (Å²) in [5.41, 5.74) is 1.82. The molecule has 8 nitrogen and oxygen atoms in total. The number of rotatable bonds is 1. The second-order valence-corrected chi connectivity index (χ2v) is 5.08. The zero-order valence-corrected chi connectivity index (χ0v) is 11.6. The Bertz CT molecular complexity index is 915. The first kappa shape index (κ1) is 12.7. The van der Waals surface area contributed by atoms with E-state index in [4.69, 9.17) is 0 Å². The Labute approximate surface area is 124 Å². The molecular weight excluding hydrogens is 284 g/mol. The lowest BCUT2D eigenvalue weighted by Crippen LogP contribution is -2.40. The zero-order chi connectivity index (χ0) is 15.1. The van der Waals surface area contributed by atoms with E-state index in [1.807, 2.05) is 6.07 Å². The van der Waals surface area contributed by atoms with Crippen molar-refractivity contribution in [1.82, 2.24) is 29.5 Å². The van der Waals surface area contributed by atoms with Crippen molar-refractivity contribution in [3.05, 3.63) is 58.2 Å². The third kappa shape index (κ3) is 1.88. The third-order valence-corrected chi connectivity index (χ3v) is 3.79. The summed E-state index contributed by atoms with van der Waals surface area (Å²) < 4.78 is 1.50. The van der Waals surface area contributed by atoms with Crippen LogP contribution in [0.25, 0.3) is 5.65 Å². The van der Waals surface area contributed by atoms with E-state index in [1.54, 1.807) is 23.2 Å². The van der Waals surface area contributed by atoms with Crippen molar-refractivity contribution in [1.29, 1.82) is 0 Å². The number of carbonyl (C=O) groups is 1. The number of hydrogen-bond donors (Lipinski definition) is 1. The Morgan fingerprint density at radius 3 is 3.05 bits per heavy atom. The predicted molar refractivity (Wildman–Crippen MR) is 76.3 cm³/mol. The number of pyridine rings is 1. The molecule has 1 N–H and O–H groups in total. The summed E-state index contributed by atoms with van der Waals surface area (Å²) in [6.07, 6.45) is 3.52. The standard InChI is InChI=1S/C14H12N6O2/c21-13-9-7-19(14(22)12-15-8-16-18-12)6-4-10(9)17-11-3-1-2-5-20(11)13/h1-3,5,8H,4,6-7H2,(H,15,16,18). The minimum Gasteiger partial charge on any atom is -0.331 e. The molecule has 0 fully saturated rings. The lowest BCUT2D eigenvalue weighted by atomic mass is 10.1. The summed E-state index contributed by atoms with van der Waals surface area (Å²) in [6, 6.07) is 5.42. The smallest absolute Gasteiger partial charge is 0.291 e. The van der Waals surface area contributed by atoms with Crippen LogP contribution in [0.15, 0.2) is 35.5 Å². The van der Waals surface area contributed by atoms with E-state index in [2.05, 4.69) is 20.2 Å². The van der Waals surface area contributed by atoms with Gasteiger partial charge in [0.1, 0.15) is 12.0 Å². The van der Waals surface area contributed by atoms with E-state index in [0.29, 0.717) is 24.2 Å². The summed E-state index contributed by atoms with van der Waals surface area (Å²) in [4.78, 5) is 34.9. The minimum absolute atomic E-state index is 0.129. The number of nitrogens with zero attached hydrogens (tertiary/aromatic N) is 5. The normalized spacial score (nSPS) is 14.1. The molecule has 1 aliphatic rings. The highest BCUT2D eigenvalue weighted by Gasteiger charge is 2.26. The fourth-order valence-corrected chi connectivity index (χ4v) is 2.68. The lowest BCUT2D eigenvalue weighted by molar-refractivity contribution is 0.0720. The number of nitrogens with one attached hydrogen (secondary N) is 1. The first-order valence-electron chi connectivity index (χ1n) is 6.88. The van der Waals surface area contributed by atoms with Gasteiger partial charge in [0.2, 0.25) is 5.82 Å². The summed E-state index contributed by atoms with van der Waals surface area (Å²) in [5.74, 6) is -0.0852. The maximum absolute atomic E-state index is 12.6. The number of hydrogen-bond acceptors (Lipinski definition) is 5. The fourth-order valence-electron chi connectivity index (χ4n) is 2.68. The van der Waals surface area contributed by atoms with Crippen molar-refractivity contribution < 1.29 is 4.79 Å². The number of H-pyrrole nitrogens is 1. The average molecular weight is 296 g/mol. The highest BCUT2D eigenvalue weighted by atomic mass is 16.2. The number of fused-ring (bicyclic) bond motifs is 2. The number of aromatic nitrogens is 5. The van der Waals surface area contributed by atoms with Gasteiger partial charge in [0.15, 0.2) is 0 Å². The molecule has 0 spiro atoms. The SMILES string of the molecule is O=C(c1ncn[nH]1)N1CCc2nc3ccccn3c(=O)c2C1. The Kier molecular flexibility index (Phi) is 2.75. The molecule has 110 valence electrons. The topological polar surface area (TPSA) is 96.2 Å². The molecule has 1 amide bonds. The van der Waals surface area contributed by atoms with E-state index in [0.717, 1.165) is 5.69 Å². The number of carbonyl (C=O) groups excluding carboxylic acids is 1. The van der Waals surface area contributed by atoms with Gasteiger partial charge in [0.25, 0.3) is 11.5 Å². The largest absolute Gasteiger partial charge is 0.331 e. The van der Waals surface area contributed by atoms with Gasteiger partial charge in [-0.15, -0.1) is 0 Å². The molecule has 4 rings (SSSR count). The molecule has 0 aliphatic carbocycles.